The molecule has 32 heavy (non-hydrogen) atoms. The molecule has 2 N–H and O–H groups in total. The Morgan fingerprint density at radius 1 is 1.06 bits per heavy atom. The molecule has 0 aliphatic carbocycles. The third-order valence-corrected chi connectivity index (χ3v) is 4.45. The standard InChI is InChI=1S/C24H27FN4O3/c1-17(31-22-10-5-4-9-21(22)30-3)14-28-24(26-2)29-16-18-11-12-23(27-15-18)32-20-8-6-7-19(25)13-20/h4-13,15,17H,14,16H2,1-3H3,(H2,26,28,29). The van der Waals surface area contributed by atoms with Crippen molar-refractivity contribution >= 4 is 5.96 Å². The zero-order valence-electron chi connectivity index (χ0n) is 18.3. The molecule has 0 aliphatic heterocycles. The van der Waals surface area contributed by atoms with E-state index in [9.17, 15) is 4.39 Å². The second kappa shape index (κ2) is 11.5. The minimum Gasteiger partial charge on any atom is -0.493 e. The van der Waals surface area contributed by atoms with Gasteiger partial charge in [0.15, 0.2) is 17.5 Å². The molecule has 0 radical (unpaired) electrons. The Hall–Kier alpha value is -3.81. The van der Waals surface area contributed by atoms with E-state index in [-0.39, 0.29) is 11.9 Å². The zero-order valence-corrected chi connectivity index (χ0v) is 18.3. The summed E-state index contributed by atoms with van der Waals surface area (Å²) in [6.07, 6.45) is 1.59. The van der Waals surface area contributed by atoms with Crippen molar-refractivity contribution in [3.05, 3.63) is 78.2 Å². The van der Waals surface area contributed by atoms with Gasteiger partial charge >= 0.3 is 0 Å². The molecule has 2 aromatic carbocycles. The van der Waals surface area contributed by atoms with Crippen molar-refractivity contribution in [2.45, 2.75) is 19.6 Å². The number of rotatable bonds is 9. The second-order valence-corrected chi connectivity index (χ2v) is 6.95. The first-order chi connectivity index (χ1) is 15.6. The Kier molecular flexibility index (Phi) is 8.25. The van der Waals surface area contributed by atoms with Crippen LogP contribution < -0.4 is 24.8 Å². The van der Waals surface area contributed by atoms with E-state index in [0.29, 0.717) is 42.2 Å². The van der Waals surface area contributed by atoms with Gasteiger partial charge in [0.05, 0.1) is 13.7 Å². The molecule has 1 heterocycles. The van der Waals surface area contributed by atoms with E-state index in [0.717, 1.165) is 5.56 Å². The van der Waals surface area contributed by atoms with Gasteiger partial charge in [-0.25, -0.2) is 9.37 Å². The quantitative estimate of drug-likeness (QED) is 0.386. The number of nitrogens with one attached hydrogen (secondary N) is 2. The summed E-state index contributed by atoms with van der Waals surface area (Å²) >= 11 is 0. The van der Waals surface area contributed by atoms with Crippen molar-refractivity contribution in [2.75, 3.05) is 20.7 Å². The first-order valence-electron chi connectivity index (χ1n) is 10.2. The number of nitrogens with zero attached hydrogens (tertiary/aromatic N) is 2. The van der Waals surface area contributed by atoms with E-state index >= 15 is 0 Å². The summed E-state index contributed by atoms with van der Waals surface area (Å²) in [7, 11) is 3.32. The van der Waals surface area contributed by atoms with Crippen molar-refractivity contribution in [1.29, 1.82) is 0 Å². The number of aliphatic imine (C=N–C) groups is 1. The summed E-state index contributed by atoms with van der Waals surface area (Å²) in [6.45, 7) is 3.04. The Labute approximate surface area is 187 Å². The van der Waals surface area contributed by atoms with Gasteiger partial charge in [0, 0.05) is 31.9 Å². The third-order valence-electron chi connectivity index (χ3n) is 4.45. The van der Waals surface area contributed by atoms with Crippen molar-refractivity contribution in [3.63, 3.8) is 0 Å². The number of hydrogen-bond donors (Lipinski definition) is 2. The number of halogens is 1. The molecular weight excluding hydrogens is 411 g/mol. The highest BCUT2D eigenvalue weighted by Crippen LogP contribution is 2.26. The van der Waals surface area contributed by atoms with E-state index in [1.807, 2.05) is 37.3 Å². The second-order valence-electron chi connectivity index (χ2n) is 6.95. The summed E-state index contributed by atoms with van der Waals surface area (Å²) in [5.41, 5.74) is 0.942. The number of hydrogen-bond acceptors (Lipinski definition) is 5. The van der Waals surface area contributed by atoms with Crippen molar-refractivity contribution in [3.8, 4) is 23.1 Å². The summed E-state index contributed by atoms with van der Waals surface area (Å²) < 4.78 is 30.1. The Morgan fingerprint density at radius 2 is 1.88 bits per heavy atom. The third kappa shape index (κ3) is 6.87. The molecule has 168 valence electrons. The normalized spacial score (nSPS) is 12.1. The average molecular weight is 439 g/mol. The molecule has 0 bridgehead atoms. The van der Waals surface area contributed by atoms with Crippen LogP contribution in [-0.2, 0) is 6.54 Å². The topological polar surface area (TPSA) is 77.0 Å². The van der Waals surface area contributed by atoms with Gasteiger partial charge < -0.3 is 24.8 Å². The van der Waals surface area contributed by atoms with Crippen LogP contribution >= 0.6 is 0 Å². The fourth-order valence-corrected chi connectivity index (χ4v) is 2.85. The maximum absolute atomic E-state index is 13.3. The maximum Gasteiger partial charge on any atom is 0.219 e. The first-order valence-corrected chi connectivity index (χ1v) is 10.2. The molecule has 1 unspecified atom stereocenters. The smallest absolute Gasteiger partial charge is 0.219 e. The lowest BCUT2D eigenvalue weighted by Crippen LogP contribution is -2.41. The SMILES string of the molecule is CN=C(NCc1ccc(Oc2cccc(F)c2)nc1)NCC(C)Oc1ccccc1OC. The van der Waals surface area contributed by atoms with E-state index < -0.39 is 0 Å². The molecule has 1 aromatic heterocycles. The van der Waals surface area contributed by atoms with E-state index in [1.54, 1.807) is 38.6 Å². The lowest BCUT2D eigenvalue weighted by Gasteiger charge is -2.19. The van der Waals surface area contributed by atoms with Gasteiger partial charge in [-0.3, -0.25) is 4.99 Å². The van der Waals surface area contributed by atoms with Gasteiger partial charge in [0.1, 0.15) is 17.7 Å². The molecule has 0 saturated heterocycles. The lowest BCUT2D eigenvalue weighted by atomic mass is 10.3. The zero-order chi connectivity index (χ0) is 22.8. The number of para-hydroxylation sites is 2. The highest BCUT2D eigenvalue weighted by Gasteiger charge is 2.09. The van der Waals surface area contributed by atoms with Crippen LogP contribution in [-0.4, -0.2) is 37.7 Å². The van der Waals surface area contributed by atoms with Crippen LogP contribution in [0.2, 0.25) is 0 Å². The van der Waals surface area contributed by atoms with Gasteiger partial charge in [-0.2, -0.15) is 0 Å². The van der Waals surface area contributed by atoms with E-state index in [1.165, 1.54) is 12.1 Å². The molecule has 8 heteroatoms. The number of aromatic nitrogens is 1. The number of methoxy groups -OCH3 is 1. The Morgan fingerprint density at radius 3 is 2.56 bits per heavy atom. The Balaban J connectivity index is 1.45. The van der Waals surface area contributed by atoms with Crippen LogP contribution in [0.25, 0.3) is 0 Å². The van der Waals surface area contributed by atoms with Gasteiger partial charge in [-0.1, -0.05) is 24.3 Å². The van der Waals surface area contributed by atoms with Crippen molar-refractivity contribution < 1.29 is 18.6 Å². The van der Waals surface area contributed by atoms with Gasteiger partial charge in [0.25, 0.3) is 0 Å². The molecule has 0 aliphatic rings. The van der Waals surface area contributed by atoms with Crippen LogP contribution in [0.15, 0.2) is 71.9 Å². The molecule has 1 atom stereocenters. The summed E-state index contributed by atoms with van der Waals surface area (Å²) in [4.78, 5) is 8.50. The molecule has 0 spiro atoms. The summed E-state index contributed by atoms with van der Waals surface area (Å²) in [6, 6.07) is 17.1. The lowest BCUT2D eigenvalue weighted by molar-refractivity contribution is 0.213. The fraction of sp³-hybridized carbons (Fsp3) is 0.250. The molecule has 0 saturated carbocycles. The monoisotopic (exact) mass is 438 g/mol. The number of guanidine groups is 1. The van der Waals surface area contributed by atoms with Crippen molar-refractivity contribution in [2.24, 2.45) is 4.99 Å². The predicted molar refractivity (Wildman–Crippen MR) is 122 cm³/mol. The number of ether oxygens (including phenoxy) is 3. The molecule has 3 rings (SSSR count). The average Bonchev–Trinajstić information content (AvgIpc) is 2.80. The molecule has 7 nitrogen and oxygen atoms in total. The van der Waals surface area contributed by atoms with Crippen LogP contribution in [0, 0.1) is 5.82 Å². The minimum absolute atomic E-state index is 0.106. The van der Waals surface area contributed by atoms with Gasteiger partial charge in [-0.05, 0) is 36.8 Å². The van der Waals surface area contributed by atoms with Gasteiger partial charge in [0.2, 0.25) is 5.88 Å². The van der Waals surface area contributed by atoms with E-state index in [2.05, 4.69) is 20.6 Å². The molecule has 3 aromatic rings. The molecule has 0 amide bonds. The van der Waals surface area contributed by atoms with Gasteiger partial charge in [-0.15, -0.1) is 0 Å². The summed E-state index contributed by atoms with van der Waals surface area (Å²) in [5.74, 6) is 2.46. The predicted octanol–water partition coefficient (Wildman–Crippen LogP) is 4.15. The summed E-state index contributed by atoms with van der Waals surface area (Å²) in [5, 5.41) is 6.47. The molecular formula is C24H27FN4O3. The molecule has 0 fully saturated rings. The highest BCUT2D eigenvalue weighted by atomic mass is 19.1. The number of pyridine rings is 1. The van der Waals surface area contributed by atoms with Crippen LogP contribution in [0.1, 0.15) is 12.5 Å². The van der Waals surface area contributed by atoms with Crippen LogP contribution in [0.3, 0.4) is 0 Å². The van der Waals surface area contributed by atoms with E-state index in [4.69, 9.17) is 14.2 Å². The number of benzene rings is 2. The largest absolute Gasteiger partial charge is 0.493 e. The Bertz CT molecular complexity index is 1030. The van der Waals surface area contributed by atoms with Crippen LogP contribution in [0.5, 0.6) is 23.1 Å². The van der Waals surface area contributed by atoms with Crippen LogP contribution in [0.4, 0.5) is 4.39 Å². The fourth-order valence-electron chi connectivity index (χ4n) is 2.85. The highest BCUT2D eigenvalue weighted by molar-refractivity contribution is 5.79. The minimum atomic E-state index is -0.357. The van der Waals surface area contributed by atoms with Crippen molar-refractivity contribution in [1.82, 2.24) is 15.6 Å². The first kappa shape index (κ1) is 22.9. The maximum atomic E-state index is 13.3.